The molecular weight excluding hydrogens is 472 g/mol. The molecule has 0 aromatic heterocycles. The molecule has 0 spiro atoms. The molecule has 3 amide bonds. The first kappa shape index (κ1) is 25.1. The SMILES string of the molecule is Cc1ccc(NC(=O)Nc2ccc(N3CCc4ccccc4C3)c(C(=O)NCCc3ccccc3)c2)cc1. The molecule has 0 atom stereocenters. The largest absolute Gasteiger partial charge is 0.366 e. The third-order valence-corrected chi connectivity index (χ3v) is 6.82. The van der Waals surface area contributed by atoms with Crippen LogP contribution in [0.3, 0.4) is 0 Å². The van der Waals surface area contributed by atoms with E-state index in [1.807, 2.05) is 61.5 Å². The van der Waals surface area contributed by atoms with Crippen molar-refractivity contribution < 1.29 is 9.59 Å². The van der Waals surface area contributed by atoms with E-state index in [2.05, 4.69) is 57.2 Å². The fourth-order valence-corrected chi connectivity index (χ4v) is 4.76. The van der Waals surface area contributed by atoms with E-state index in [9.17, 15) is 9.59 Å². The molecule has 0 saturated carbocycles. The Balaban J connectivity index is 1.34. The lowest BCUT2D eigenvalue weighted by molar-refractivity contribution is 0.0954. The highest BCUT2D eigenvalue weighted by Crippen LogP contribution is 2.29. The van der Waals surface area contributed by atoms with Gasteiger partial charge in [-0.25, -0.2) is 4.79 Å². The second kappa shape index (κ2) is 11.6. The minimum Gasteiger partial charge on any atom is -0.366 e. The van der Waals surface area contributed by atoms with Gasteiger partial charge in [0.25, 0.3) is 5.91 Å². The fraction of sp³-hybridized carbons (Fsp3) is 0.188. The zero-order chi connectivity index (χ0) is 26.3. The lowest BCUT2D eigenvalue weighted by Gasteiger charge is -2.32. The Morgan fingerprint density at radius 3 is 2.26 bits per heavy atom. The number of carbonyl (C=O) groups is 2. The van der Waals surface area contributed by atoms with E-state index in [-0.39, 0.29) is 11.9 Å². The van der Waals surface area contributed by atoms with Gasteiger partial charge in [0.2, 0.25) is 0 Å². The topological polar surface area (TPSA) is 73.5 Å². The van der Waals surface area contributed by atoms with Crippen LogP contribution in [0.1, 0.15) is 32.6 Å². The number of benzene rings is 4. The third-order valence-electron chi connectivity index (χ3n) is 6.82. The van der Waals surface area contributed by atoms with E-state index >= 15 is 0 Å². The Labute approximate surface area is 223 Å². The number of urea groups is 1. The lowest BCUT2D eigenvalue weighted by Crippen LogP contribution is -2.33. The molecule has 192 valence electrons. The molecule has 4 aromatic carbocycles. The molecule has 6 heteroatoms. The summed E-state index contributed by atoms with van der Waals surface area (Å²) in [7, 11) is 0. The van der Waals surface area contributed by atoms with Gasteiger partial charge >= 0.3 is 6.03 Å². The molecule has 1 aliphatic heterocycles. The quantitative estimate of drug-likeness (QED) is 0.282. The van der Waals surface area contributed by atoms with Gasteiger partial charge in [-0.1, -0.05) is 72.3 Å². The Bertz CT molecular complexity index is 1420. The number of hydrogen-bond acceptors (Lipinski definition) is 3. The van der Waals surface area contributed by atoms with Gasteiger partial charge in [0.15, 0.2) is 0 Å². The summed E-state index contributed by atoms with van der Waals surface area (Å²) in [5.74, 6) is -0.155. The average molecular weight is 505 g/mol. The third kappa shape index (κ3) is 6.21. The Morgan fingerprint density at radius 2 is 1.47 bits per heavy atom. The maximum Gasteiger partial charge on any atom is 0.323 e. The number of fused-ring (bicyclic) bond motifs is 1. The molecule has 4 aromatic rings. The second-order valence-corrected chi connectivity index (χ2v) is 9.61. The first-order valence-electron chi connectivity index (χ1n) is 13.0. The molecule has 0 radical (unpaired) electrons. The van der Waals surface area contributed by atoms with Crippen molar-refractivity contribution in [2.75, 3.05) is 28.6 Å². The summed E-state index contributed by atoms with van der Waals surface area (Å²) < 4.78 is 0. The van der Waals surface area contributed by atoms with E-state index in [0.717, 1.165) is 37.2 Å². The normalized spacial score (nSPS) is 12.4. The lowest BCUT2D eigenvalue weighted by atomic mass is 9.98. The van der Waals surface area contributed by atoms with Gasteiger partial charge in [0, 0.05) is 36.7 Å². The van der Waals surface area contributed by atoms with Crippen LogP contribution in [0.2, 0.25) is 0 Å². The maximum atomic E-state index is 13.4. The van der Waals surface area contributed by atoms with Crippen molar-refractivity contribution in [3.05, 3.63) is 125 Å². The zero-order valence-corrected chi connectivity index (χ0v) is 21.5. The Kier molecular flexibility index (Phi) is 7.69. The van der Waals surface area contributed by atoms with Gasteiger partial charge in [0.05, 0.1) is 5.56 Å². The first-order chi connectivity index (χ1) is 18.5. The molecule has 0 bridgehead atoms. The van der Waals surface area contributed by atoms with Crippen LogP contribution in [-0.2, 0) is 19.4 Å². The Hall–Kier alpha value is -4.58. The van der Waals surface area contributed by atoms with Crippen LogP contribution in [0.15, 0.2) is 97.1 Å². The second-order valence-electron chi connectivity index (χ2n) is 9.61. The smallest absolute Gasteiger partial charge is 0.323 e. The minimum absolute atomic E-state index is 0.155. The highest BCUT2D eigenvalue weighted by molar-refractivity contribution is 6.04. The molecule has 6 nitrogen and oxygen atoms in total. The highest BCUT2D eigenvalue weighted by atomic mass is 16.2. The van der Waals surface area contributed by atoms with Crippen LogP contribution < -0.4 is 20.9 Å². The number of rotatable bonds is 7. The summed E-state index contributed by atoms with van der Waals surface area (Å²) in [4.78, 5) is 28.3. The Morgan fingerprint density at radius 1 is 0.789 bits per heavy atom. The molecule has 38 heavy (non-hydrogen) atoms. The maximum absolute atomic E-state index is 13.4. The van der Waals surface area contributed by atoms with Crippen molar-refractivity contribution in [2.45, 2.75) is 26.3 Å². The number of aryl methyl sites for hydroxylation is 1. The van der Waals surface area contributed by atoms with Crippen molar-refractivity contribution >= 4 is 29.0 Å². The summed E-state index contributed by atoms with van der Waals surface area (Å²) in [6.45, 7) is 4.08. The van der Waals surface area contributed by atoms with Crippen molar-refractivity contribution in [3.8, 4) is 0 Å². The summed E-state index contributed by atoms with van der Waals surface area (Å²) in [6, 6.07) is 31.3. The van der Waals surface area contributed by atoms with Gasteiger partial charge in [-0.3, -0.25) is 4.79 Å². The van der Waals surface area contributed by atoms with E-state index in [4.69, 9.17) is 0 Å². The van der Waals surface area contributed by atoms with Crippen molar-refractivity contribution in [3.63, 3.8) is 0 Å². The van der Waals surface area contributed by atoms with Crippen LogP contribution in [0.4, 0.5) is 21.9 Å². The van der Waals surface area contributed by atoms with Crippen molar-refractivity contribution in [1.82, 2.24) is 5.32 Å². The zero-order valence-electron chi connectivity index (χ0n) is 21.5. The predicted octanol–water partition coefficient (Wildman–Crippen LogP) is 6.17. The number of anilines is 3. The van der Waals surface area contributed by atoms with Crippen molar-refractivity contribution in [2.24, 2.45) is 0 Å². The minimum atomic E-state index is -0.357. The van der Waals surface area contributed by atoms with Crippen LogP contribution in [0, 0.1) is 6.92 Å². The summed E-state index contributed by atoms with van der Waals surface area (Å²) in [5.41, 5.74) is 7.59. The van der Waals surface area contributed by atoms with Gasteiger partial charge in [0.1, 0.15) is 0 Å². The van der Waals surface area contributed by atoms with Gasteiger partial charge < -0.3 is 20.9 Å². The summed E-state index contributed by atoms with van der Waals surface area (Å²) >= 11 is 0. The molecule has 1 heterocycles. The number of nitrogens with one attached hydrogen (secondary N) is 3. The number of carbonyl (C=O) groups excluding carboxylic acids is 2. The predicted molar refractivity (Wildman–Crippen MR) is 154 cm³/mol. The highest BCUT2D eigenvalue weighted by Gasteiger charge is 2.22. The summed E-state index contributed by atoms with van der Waals surface area (Å²) in [6.07, 6.45) is 1.67. The number of hydrogen-bond donors (Lipinski definition) is 3. The van der Waals surface area contributed by atoms with E-state index in [0.29, 0.717) is 23.5 Å². The molecule has 0 aliphatic carbocycles. The number of amides is 3. The van der Waals surface area contributed by atoms with E-state index < -0.39 is 0 Å². The van der Waals surface area contributed by atoms with Crippen LogP contribution >= 0.6 is 0 Å². The van der Waals surface area contributed by atoms with Gasteiger partial charge in [-0.15, -0.1) is 0 Å². The molecule has 0 saturated heterocycles. The molecule has 3 N–H and O–H groups in total. The van der Waals surface area contributed by atoms with E-state index in [1.165, 1.54) is 16.7 Å². The first-order valence-corrected chi connectivity index (χ1v) is 13.0. The van der Waals surface area contributed by atoms with Crippen LogP contribution in [-0.4, -0.2) is 25.0 Å². The van der Waals surface area contributed by atoms with Crippen LogP contribution in [0.5, 0.6) is 0 Å². The average Bonchev–Trinajstić information content (AvgIpc) is 2.94. The number of nitrogens with zero attached hydrogens (tertiary/aromatic N) is 1. The molecule has 0 fully saturated rings. The molecule has 0 unspecified atom stereocenters. The standard InChI is InChI=1S/C32H32N4O2/c1-23-11-13-27(14-12-23)34-32(38)35-28-15-16-30(36-20-18-25-9-5-6-10-26(25)22-36)29(21-28)31(37)33-19-17-24-7-3-2-4-8-24/h2-16,21H,17-20,22H2,1H3,(H,33,37)(H2,34,35,38). The van der Waals surface area contributed by atoms with Crippen molar-refractivity contribution in [1.29, 1.82) is 0 Å². The van der Waals surface area contributed by atoms with Gasteiger partial charge in [-0.2, -0.15) is 0 Å². The van der Waals surface area contributed by atoms with E-state index in [1.54, 1.807) is 6.07 Å². The monoisotopic (exact) mass is 504 g/mol. The summed E-state index contributed by atoms with van der Waals surface area (Å²) in [5, 5.41) is 8.80. The molecule has 5 rings (SSSR count). The van der Waals surface area contributed by atoms with Gasteiger partial charge in [-0.05, 0) is 66.8 Å². The molecular formula is C32H32N4O2. The fourth-order valence-electron chi connectivity index (χ4n) is 4.76. The van der Waals surface area contributed by atoms with Crippen LogP contribution in [0.25, 0.3) is 0 Å². The molecule has 1 aliphatic rings.